The fourth-order valence-electron chi connectivity index (χ4n) is 6.87. The van der Waals surface area contributed by atoms with E-state index in [0.717, 1.165) is 43.6 Å². The molecule has 3 aromatic carbocycles. The van der Waals surface area contributed by atoms with Crippen molar-refractivity contribution in [1.82, 2.24) is 29.1 Å². The molecule has 0 bridgehead atoms. The van der Waals surface area contributed by atoms with Gasteiger partial charge in [-0.2, -0.15) is 10.2 Å². The Kier molecular flexibility index (Phi) is 8.21. The van der Waals surface area contributed by atoms with Gasteiger partial charge in [-0.3, -0.25) is 0 Å². The van der Waals surface area contributed by atoms with E-state index in [2.05, 4.69) is 25.0 Å². The van der Waals surface area contributed by atoms with Gasteiger partial charge >= 0.3 is 5.69 Å². The number of ether oxygens (including phenoxy) is 2. The monoisotopic (exact) mass is 705 g/mol. The predicted molar refractivity (Wildman–Crippen MR) is 187 cm³/mol. The molecule has 4 atom stereocenters. The zero-order valence-corrected chi connectivity index (χ0v) is 28.0. The summed E-state index contributed by atoms with van der Waals surface area (Å²) in [6.07, 6.45) is 0.155. The number of anilines is 2. The highest BCUT2D eigenvalue weighted by atomic mass is 19.1. The molecular weight excluding hydrogens is 658 g/mol. The van der Waals surface area contributed by atoms with Gasteiger partial charge in [-0.15, -0.1) is 0 Å². The number of aliphatic hydroxyl groups excluding tert-OH is 1. The second-order valence-corrected chi connectivity index (χ2v) is 12.9. The van der Waals surface area contributed by atoms with Crippen molar-refractivity contribution in [2.45, 2.75) is 50.9 Å². The Morgan fingerprint density at radius 1 is 1.00 bits per heavy atom. The van der Waals surface area contributed by atoms with Gasteiger partial charge in [0.25, 0.3) is 0 Å². The van der Waals surface area contributed by atoms with Gasteiger partial charge in [-0.1, -0.05) is 12.9 Å². The first-order chi connectivity index (χ1) is 26.6. The topological polar surface area (TPSA) is 116 Å². The van der Waals surface area contributed by atoms with Crippen molar-refractivity contribution in [2.24, 2.45) is 5.92 Å². The van der Waals surface area contributed by atoms with E-state index in [1.807, 2.05) is 36.4 Å². The molecule has 2 aromatic heterocycles. The smallest absolute Gasteiger partial charge is 0.350 e. The summed E-state index contributed by atoms with van der Waals surface area (Å²) in [6, 6.07) is 16.9. The van der Waals surface area contributed by atoms with Crippen LogP contribution in [0.1, 0.15) is 45.0 Å². The van der Waals surface area contributed by atoms with Crippen LogP contribution in [0.3, 0.4) is 0 Å². The minimum atomic E-state index is -3.10. The first-order valence-corrected chi connectivity index (χ1v) is 16.7. The minimum absolute atomic E-state index is 0.0491. The molecule has 0 saturated carbocycles. The maximum atomic E-state index is 15.0. The summed E-state index contributed by atoms with van der Waals surface area (Å²) in [5.41, 5.74) is 0.898. The Labute approximate surface area is 301 Å². The van der Waals surface area contributed by atoms with Crippen LogP contribution in [-0.2, 0) is 16.9 Å². The molecule has 0 spiro atoms. The van der Waals surface area contributed by atoms with E-state index < -0.39 is 48.3 Å². The van der Waals surface area contributed by atoms with Crippen molar-refractivity contribution in [3.63, 3.8) is 0 Å². The van der Waals surface area contributed by atoms with E-state index in [4.69, 9.17) is 16.3 Å². The van der Waals surface area contributed by atoms with Crippen molar-refractivity contribution in [2.75, 3.05) is 49.2 Å². The number of hydrogen-bond donors (Lipinski definition) is 1. The molecule has 5 aromatic rings. The minimum Gasteiger partial charge on any atom is -0.493 e. The quantitative estimate of drug-likeness (QED) is 0.199. The lowest BCUT2D eigenvalue weighted by Crippen LogP contribution is -2.46. The standard InChI is InChI=1S/C37H42F2N8O4/c1-3-35(26(2)48)47-36(49)46(25-42-47)31-7-5-29(6-8-31)43-14-16-44(17-15-43)30-9-11-32(12-10-30)50-20-27-19-37(51-21-27,22-45-24-40-23-41-45)33-13-4-28(38)18-34(33)39/h4-13,18,23-27,35,48H,3,14-17,19-22H2,1-2H3/t26-,27+,35-,37-/m0/s1/i1D3,3D2. The zero-order valence-electron chi connectivity index (χ0n) is 33.0. The lowest BCUT2D eigenvalue weighted by molar-refractivity contribution is -0.0206. The summed E-state index contributed by atoms with van der Waals surface area (Å²) in [6.45, 7) is 2.02. The zero-order chi connectivity index (χ0) is 39.8. The molecule has 2 saturated heterocycles. The highest BCUT2D eigenvalue weighted by Gasteiger charge is 2.44. The molecule has 51 heavy (non-hydrogen) atoms. The fourth-order valence-corrected chi connectivity index (χ4v) is 6.87. The van der Waals surface area contributed by atoms with Crippen molar-refractivity contribution >= 4 is 11.4 Å². The van der Waals surface area contributed by atoms with E-state index in [1.54, 1.807) is 16.8 Å². The third kappa shape index (κ3) is 7.24. The SMILES string of the molecule is [2H]C([2H])([2H])C([2H])([2H])[C@@H]([C@H](C)O)n1ncn(-c2ccc(N3CCN(c4ccc(OC[C@@H]5CO[C@@](Cn6cncn6)(c6ccc(F)cc6F)C5)cc4)CC3)cc2)c1=O. The summed E-state index contributed by atoms with van der Waals surface area (Å²) >= 11 is 0. The van der Waals surface area contributed by atoms with Crippen LogP contribution in [0.4, 0.5) is 20.2 Å². The van der Waals surface area contributed by atoms with Crippen LogP contribution in [-0.4, -0.2) is 79.7 Å². The lowest BCUT2D eigenvalue weighted by atomic mass is 9.87. The van der Waals surface area contributed by atoms with Crippen LogP contribution in [0.2, 0.25) is 0 Å². The van der Waals surface area contributed by atoms with Crippen LogP contribution in [0.25, 0.3) is 5.69 Å². The number of hydrogen-bond acceptors (Lipinski definition) is 9. The predicted octanol–water partition coefficient (Wildman–Crippen LogP) is 4.57. The van der Waals surface area contributed by atoms with Crippen LogP contribution < -0.4 is 20.2 Å². The molecular formula is C37H42F2N8O4. The number of aromatic nitrogens is 6. The van der Waals surface area contributed by atoms with E-state index in [0.29, 0.717) is 35.8 Å². The summed E-state index contributed by atoms with van der Waals surface area (Å²) < 4.78 is 83.7. The molecule has 4 heterocycles. The van der Waals surface area contributed by atoms with Crippen LogP contribution in [0.15, 0.2) is 90.5 Å². The van der Waals surface area contributed by atoms with Crippen molar-refractivity contribution < 1.29 is 30.2 Å². The molecule has 12 nitrogen and oxygen atoms in total. The summed E-state index contributed by atoms with van der Waals surface area (Å²) in [7, 11) is 0. The molecule has 2 aliphatic heterocycles. The molecule has 268 valence electrons. The van der Waals surface area contributed by atoms with E-state index in [1.165, 1.54) is 42.6 Å². The van der Waals surface area contributed by atoms with Crippen LogP contribution >= 0.6 is 0 Å². The van der Waals surface area contributed by atoms with Gasteiger partial charge < -0.3 is 24.4 Å². The van der Waals surface area contributed by atoms with E-state index >= 15 is 0 Å². The average Bonchev–Trinajstić information content (AvgIpc) is 3.92. The molecule has 7 rings (SSSR count). The summed E-state index contributed by atoms with van der Waals surface area (Å²) in [5.74, 6) is -0.689. The van der Waals surface area contributed by atoms with Crippen LogP contribution in [0, 0.1) is 17.6 Å². The second kappa shape index (κ2) is 14.6. The maximum Gasteiger partial charge on any atom is 0.350 e. The van der Waals surface area contributed by atoms with Gasteiger partial charge in [0.1, 0.15) is 42.0 Å². The second-order valence-electron chi connectivity index (χ2n) is 12.9. The number of nitrogens with zero attached hydrogens (tertiary/aromatic N) is 8. The highest BCUT2D eigenvalue weighted by molar-refractivity contribution is 5.54. The molecule has 0 amide bonds. The van der Waals surface area contributed by atoms with Gasteiger partial charge in [-0.25, -0.2) is 32.5 Å². The maximum absolute atomic E-state index is 15.0. The molecule has 0 unspecified atom stereocenters. The number of aliphatic hydroxyl groups is 1. The van der Waals surface area contributed by atoms with E-state index in [9.17, 15) is 18.7 Å². The van der Waals surface area contributed by atoms with E-state index in [-0.39, 0.29) is 18.0 Å². The average molecular weight is 706 g/mol. The van der Waals surface area contributed by atoms with Gasteiger partial charge in [0.2, 0.25) is 0 Å². The van der Waals surface area contributed by atoms with Crippen molar-refractivity contribution in [3.05, 3.63) is 113 Å². The molecule has 2 fully saturated rings. The van der Waals surface area contributed by atoms with Crippen molar-refractivity contribution in [3.8, 4) is 11.4 Å². The Bertz CT molecular complexity index is 2160. The Morgan fingerprint density at radius 3 is 2.31 bits per heavy atom. The molecule has 0 aliphatic carbocycles. The van der Waals surface area contributed by atoms with Crippen molar-refractivity contribution in [1.29, 1.82) is 0 Å². The number of halogens is 2. The summed E-state index contributed by atoms with van der Waals surface area (Å²) in [4.78, 5) is 21.7. The number of rotatable bonds is 12. The molecule has 14 heteroatoms. The third-order valence-corrected chi connectivity index (χ3v) is 9.54. The third-order valence-electron chi connectivity index (χ3n) is 9.54. The fraction of sp³-hybridized carbons (Fsp3) is 0.405. The van der Waals surface area contributed by atoms with Crippen LogP contribution in [0.5, 0.6) is 5.75 Å². The lowest BCUT2D eigenvalue weighted by Gasteiger charge is -2.37. The largest absolute Gasteiger partial charge is 0.493 e. The van der Waals surface area contributed by atoms with Gasteiger partial charge in [0.05, 0.1) is 37.6 Å². The Hall–Kier alpha value is -5.08. The number of piperazine rings is 1. The van der Waals surface area contributed by atoms with Gasteiger partial charge in [0.15, 0.2) is 0 Å². The normalized spacial score (nSPS) is 22.4. The summed E-state index contributed by atoms with van der Waals surface area (Å²) in [5, 5.41) is 18.4. The first kappa shape index (κ1) is 28.6. The molecule has 2 aliphatic rings. The Morgan fingerprint density at radius 2 is 1.69 bits per heavy atom. The Balaban J connectivity index is 0.932. The van der Waals surface area contributed by atoms with Gasteiger partial charge in [-0.05, 0) is 74.3 Å². The first-order valence-electron chi connectivity index (χ1n) is 19.2. The molecule has 0 radical (unpaired) electrons. The number of benzene rings is 3. The highest BCUT2D eigenvalue weighted by Crippen LogP contribution is 2.42. The molecule has 1 N–H and O–H groups in total. The van der Waals surface area contributed by atoms with Gasteiger partial charge in [0, 0.05) is 62.0 Å².